The van der Waals surface area contributed by atoms with Crippen LogP contribution in [-0.4, -0.2) is 30.9 Å². The molecular weight excluding hydrogens is 467 g/mol. The Balaban J connectivity index is 2.48. The number of fused-ring (bicyclic) bond motifs is 3. The van der Waals surface area contributed by atoms with Crippen molar-refractivity contribution in [3.05, 3.63) is 57.1 Å². The second-order valence-electron chi connectivity index (χ2n) is 7.63. The molecule has 0 spiro atoms. The number of halogens is 3. The third-order valence-corrected chi connectivity index (χ3v) is 5.21. The van der Waals surface area contributed by atoms with E-state index in [1.807, 2.05) is 0 Å². The number of benzene rings is 2. The van der Waals surface area contributed by atoms with E-state index in [1.165, 1.54) is 36.4 Å². The Labute approximate surface area is 186 Å². The minimum absolute atomic E-state index is 0.131. The van der Waals surface area contributed by atoms with Gasteiger partial charge in [0.2, 0.25) is 0 Å². The summed E-state index contributed by atoms with van der Waals surface area (Å²) in [6, 6.07) is 8.03. The lowest BCUT2D eigenvalue weighted by Crippen LogP contribution is -2.43. The molecule has 0 saturated carbocycles. The van der Waals surface area contributed by atoms with Gasteiger partial charge in [-0.05, 0) is 74.9 Å². The van der Waals surface area contributed by atoms with Gasteiger partial charge in [0.15, 0.2) is 0 Å². The Morgan fingerprint density at radius 1 is 0.758 bits per heavy atom. The molecule has 0 N–H and O–H groups in total. The van der Waals surface area contributed by atoms with Gasteiger partial charge in [0.25, 0.3) is 11.1 Å². The number of ether oxygens (including phenoxy) is 2. The average molecular weight is 487 g/mol. The van der Waals surface area contributed by atoms with Gasteiger partial charge >= 0.3 is 15.6 Å². The molecule has 0 atom stereocenters. The quantitative estimate of drug-likeness (QED) is 0.492. The topological polar surface area (TPSA) is 101 Å². The van der Waals surface area contributed by atoms with Crippen LogP contribution in [0.4, 0.5) is 13.2 Å². The highest BCUT2D eigenvalue weighted by atomic mass is 32.2. The summed E-state index contributed by atoms with van der Waals surface area (Å²) in [7, 11) is -6.30. The zero-order chi connectivity index (χ0) is 24.7. The molecule has 0 aliphatic carbocycles. The molecule has 0 amide bonds. The summed E-state index contributed by atoms with van der Waals surface area (Å²) in [5.74, 6) is 0.643. The van der Waals surface area contributed by atoms with Gasteiger partial charge in [-0.3, -0.25) is 13.9 Å². The molecule has 0 saturated heterocycles. The summed E-state index contributed by atoms with van der Waals surface area (Å²) in [6.45, 7) is 7.06. The Bertz CT molecular complexity index is 1360. The van der Waals surface area contributed by atoms with Gasteiger partial charge in [-0.1, -0.05) is 4.73 Å². The van der Waals surface area contributed by atoms with E-state index in [0.717, 1.165) is 0 Å². The Morgan fingerprint density at radius 3 is 1.48 bits per heavy atom. The predicted molar refractivity (Wildman–Crippen MR) is 115 cm³/mol. The summed E-state index contributed by atoms with van der Waals surface area (Å²) >= 11 is 0. The van der Waals surface area contributed by atoms with E-state index in [9.17, 15) is 31.2 Å². The summed E-state index contributed by atoms with van der Waals surface area (Å²) in [4.78, 5) is 26.0. The van der Waals surface area contributed by atoms with Crippen LogP contribution in [0.5, 0.6) is 11.5 Å². The van der Waals surface area contributed by atoms with Gasteiger partial charge in [0.1, 0.15) is 11.5 Å². The molecule has 2 aromatic carbocycles. The number of nitrogens with zero attached hydrogens (tertiary/aromatic N) is 1. The van der Waals surface area contributed by atoms with Crippen LogP contribution in [-0.2, 0) is 10.1 Å². The lowest BCUT2D eigenvalue weighted by atomic mass is 10.1. The number of alkyl halides is 3. The Morgan fingerprint density at radius 2 is 1.15 bits per heavy atom. The second-order valence-corrected chi connectivity index (χ2v) is 9.15. The first-order valence-corrected chi connectivity index (χ1v) is 11.1. The first kappa shape index (κ1) is 24.4. The highest BCUT2D eigenvalue weighted by molar-refractivity contribution is 7.87. The van der Waals surface area contributed by atoms with Gasteiger partial charge in [-0.2, -0.15) is 21.6 Å². The summed E-state index contributed by atoms with van der Waals surface area (Å²) in [5, 5.41) is -0.271. The van der Waals surface area contributed by atoms with Crippen molar-refractivity contribution in [1.82, 2.24) is 4.73 Å². The maximum atomic E-state index is 13.0. The van der Waals surface area contributed by atoms with Crippen molar-refractivity contribution < 1.29 is 35.3 Å². The SMILES string of the molecule is CC(C)Oc1ccc2c(=O)n(OS(=O)(=O)C(F)(F)F)c(=O)c3ccc(OC(C)C)cc3c2c1. The van der Waals surface area contributed by atoms with E-state index >= 15 is 0 Å². The van der Waals surface area contributed by atoms with Crippen molar-refractivity contribution in [3.63, 3.8) is 0 Å². The van der Waals surface area contributed by atoms with E-state index in [0.29, 0.717) is 11.5 Å². The molecule has 0 radical (unpaired) electrons. The molecular formula is C21H20F3NO7S. The van der Waals surface area contributed by atoms with Crippen LogP contribution in [0.25, 0.3) is 21.5 Å². The minimum Gasteiger partial charge on any atom is -0.491 e. The van der Waals surface area contributed by atoms with Gasteiger partial charge in [-0.25, -0.2) is 0 Å². The minimum atomic E-state index is -6.30. The van der Waals surface area contributed by atoms with Crippen LogP contribution in [0.3, 0.4) is 0 Å². The van der Waals surface area contributed by atoms with E-state index in [4.69, 9.17) is 9.47 Å². The Hall–Kier alpha value is -3.28. The first-order valence-electron chi connectivity index (χ1n) is 9.72. The normalized spacial score (nSPS) is 12.5. The van der Waals surface area contributed by atoms with Crippen molar-refractivity contribution in [1.29, 1.82) is 0 Å². The molecule has 1 heterocycles. The second kappa shape index (κ2) is 8.58. The molecule has 178 valence electrons. The van der Waals surface area contributed by atoms with Gasteiger partial charge < -0.3 is 9.47 Å². The van der Waals surface area contributed by atoms with Crippen molar-refractivity contribution >= 4 is 31.7 Å². The molecule has 0 aliphatic heterocycles. The molecule has 8 nitrogen and oxygen atoms in total. The van der Waals surface area contributed by atoms with Crippen LogP contribution in [0.1, 0.15) is 27.7 Å². The van der Waals surface area contributed by atoms with Crippen LogP contribution >= 0.6 is 0 Å². The van der Waals surface area contributed by atoms with Crippen LogP contribution in [0, 0.1) is 0 Å². The molecule has 0 unspecified atom stereocenters. The largest absolute Gasteiger partial charge is 0.536 e. The zero-order valence-corrected chi connectivity index (χ0v) is 18.8. The molecule has 0 bridgehead atoms. The molecule has 3 aromatic rings. The van der Waals surface area contributed by atoms with Gasteiger partial charge in [0.05, 0.1) is 23.0 Å². The summed E-state index contributed by atoms with van der Waals surface area (Å²) < 4.78 is 76.6. The number of aromatic nitrogens is 1. The van der Waals surface area contributed by atoms with Crippen LogP contribution < -0.4 is 24.9 Å². The number of rotatable bonds is 6. The first-order chi connectivity index (χ1) is 15.2. The lowest BCUT2D eigenvalue weighted by molar-refractivity contribution is -0.0551. The van der Waals surface area contributed by atoms with Crippen molar-refractivity contribution in [2.45, 2.75) is 45.4 Å². The van der Waals surface area contributed by atoms with Crippen molar-refractivity contribution in [2.24, 2.45) is 0 Å². The van der Waals surface area contributed by atoms with E-state index in [-0.39, 0.29) is 33.8 Å². The smallest absolute Gasteiger partial charge is 0.491 e. The molecule has 1 aromatic heterocycles. The predicted octanol–water partition coefficient (Wildman–Crippen LogP) is 3.37. The fourth-order valence-corrected chi connectivity index (χ4v) is 3.49. The maximum absolute atomic E-state index is 13.0. The standard InChI is InChI=1S/C21H20F3NO7S/c1-11(2)30-13-5-7-15-17(9-13)18-10-14(31-12(3)4)6-8-16(18)20(27)25(19(15)26)32-33(28,29)21(22,23)24/h5-12H,1-4H3. The average Bonchev–Trinajstić information content (AvgIpc) is 2.76. The maximum Gasteiger partial charge on any atom is 0.536 e. The third kappa shape index (κ3) is 4.90. The molecule has 12 heteroatoms. The Kier molecular flexibility index (Phi) is 6.33. The fourth-order valence-electron chi connectivity index (χ4n) is 3.08. The molecule has 0 fully saturated rings. The van der Waals surface area contributed by atoms with Crippen molar-refractivity contribution in [2.75, 3.05) is 0 Å². The molecule has 3 rings (SSSR count). The highest BCUT2D eigenvalue weighted by Gasteiger charge is 2.49. The van der Waals surface area contributed by atoms with Crippen molar-refractivity contribution in [3.8, 4) is 11.5 Å². The van der Waals surface area contributed by atoms with Gasteiger partial charge in [-0.15, -0.1) is 0 Å². The van der Waals surface area contributed by atoms with Crippen LogP contribution in [0.2, 0.25) is 0 Å². The highest BCUT2D eigenvalue weighted by Crippen LogP contribution is 2.29. The lowest BCUT2D eigenvalue weighted by Gasteiger charge is -2.11. The molecule has 33 heavy (non-hydrogen) atoms. The monoisotopic (exact) mass is 487 g/mol. The summed E-state index contributed by atoms with van der Waals surface area (Å²) in [5.41, 5.74) is -8.63. The van der Waals surface area contributed by atoms with Gasteiger partial charge in [0, 0.05) is 0 Å². The fraction of sp³-hybridized carbons (Fsp3) is 0.333. The molecule has 0 aliphatic rings. The zero-order valence-electron chi connectivity index (χ0n) is 18.0. The summed E-state index contributed by atoms with van der Waals surface area (Å²) in [6.07, 6.45) is -0.476. The van der Waals surface area contributed by atoms with E-state index in [2.05, 4.69) is 4.28 Å². The third-order valence-electron chi connectivity index (χ3n) is 4.30. The van der Waals surface area contributed by atoms with Crippen LogP contribution in [0.15, 0.2) is 46.0 Å². The van der Waals surface area contributed by atoms with E-state index in [1.54, 1.807) is 27.7 Å². The number of hydrogen-bond acceptors (Lipinski definition) is 7. The van der Waals surface area contributed by atoms with E-state index < -0.39 is 31.5 Å². The number of hydrogen-bond donors (Lipinski definition) is 0.